The van der Waals surface area contributed by atoms with Gasteiger partial charge < -0.3 is 9.64 Å². The summed E-state index contributed by atoms with van der Waals surface area (Å²) < 4.78 is 5.15. The summed E-state index contributed by atoms with van der Waals surface area (Å²) in [6, 6.07) is 12.1. The molecule has 4 nitrogen and oxygen atoms in total. The number of anilines is 1. The Balaban J connectivity index is 1.92. The second-order valence-corrected chi connectivity index (χ2v) is 5.16. The van der Waals surface area contributed by atoms with E-state index < -0.39 is 0 Å². The van der Waals surface area contributed by atoms with Gasteiger partial charge in [0.25, 0.3) is 0 Å². The summed E-state index contributed by atoms with van der Waals surface area (Å²) in [6.45, 7) is 2.91. The molecule has 1 aliphatic heterocycles. The Morgan fingerprint density at radius 1 is 1.23 bits per heavy atom. The maximum Gasteiger partial charge on any atom is 0.335 e. The number of hydrogen-bond donors (Lipinski definition) is 0. The number of carbonyl (C=O) groups excluding carboxylic acids is 1. The molecule has 1 aliphatic rings. The summed E-state index contributed by atoms with van der Waals surface area (Å²) in [5.41, 5.74) is 4.11. The van der Waals surface area contributed by atoms with E-state index in [1.807, 2.05) is 37.4 Å². The van der Waals surface area contributed by atoms with Crippen molar-refractivity contribution in [2.75, 3.05) is 11.5 Å². The maximum absolute atomic E-state index is 12.1. The molecule has 2 aromatic rings. The average Bonchev–Trinajstić information content (AvgIpc) is 2.56. The summed E-state index contributed by atoms with van der Waals surface area (Å²) in [7, 11) is 0. The van der Waals surface area contributed by atoms with Crippen molar-refractivity contribution in [2.24, 2.45) is 0 Å². The van der Waals surface area contributed by atoms with Gasteiger partial charge in [-0.3, -0.25) is 4.98 Å². The Morgan fingerprint density at radius 3 is 2.77 bits per heavy atom. The number of hydrogen-bond acceptors (Lipinski definition) is 4. The molecule has 0 saturated carbocycles. The van der Waals surface area contributed by atoms with Crippen LogP contribution < -0.4 is 4.90 Å². The molecule has 0 atom stereocenters. The number of carbonyl (C=O) groups is 1. The molecule has 4 heteroatoms. The molecule has 0 amide bonds. The third-order valence-electron chi connectivity index (χ3n) is 3.63. The largest absolute Gasteiger partial charge is 0.463 e. The van der Waals surface area contributed by atoms with Crippen LogP contribution in [0.3, 0.4) is 0 Å². The Hall–Kier alpha value is -2.62. The summed E-state index contributed by atoms with van der Waals surface area (Å²) in [5, 5.41) is 0. The molecule has 0 N–H and O–H groups in total. The summed E-state index contributed by atoms with van der Waals surface area (Å²) in [5.74, 6) is -0.239. The van der Waals surface area contributed by atoms with Gasteiger partial charge in [-0.15, -0.1) is 0 Å². The van der Waals surface area contributed by atoms with Crippen LogP contribution in [-0.4, -0.2) is 17.6 Å². The molecule has 3 rings (SSSR count). The number of fused-ring (bicyclic) bond motifs is 1. The van der Waals surface area contributed by atoms with Crippen LogP contribution in [0.25, 0.3) is 0 Å². The van der Waals surface area contributed by atoms with Gasteiger partial charge in [-0.05, 0) is 36.2 Å². The fraction of sp³-hybridized carbons (Fsp3) is 0.222. The van der Waals surface area contributed by atoms with Crippen LogP contribution in [0, 0.1) is 0 Å². The first-order valence-electron chi connectivity index (χ1n) is 7.39. The molecule has 22 heavy (non-hydrogen) atoms. The minimum Gasteiger partial charge on any atom is -0.463 e. The topological polar surface area (TPSA) is 42.4 Å². The standard InChI is InChI=1S/C18H18N2O2/c1-2-22-18(21)16-11-15-5-3-4-6-17(15)20(13-16)12-14-7-9-19-10-8-14/h3-10,13H,2,11-12H2,1H3. The quantitative estimate of drug-likeness (QED) is 0.813. The minimum atomic E-state index is -0.239. The molecular formula is C18H18N2O2. The normalized spacial score (nSPS) is 13.3. The van der Waals surface area contributed by atoms with E-state index in [-0.39, 0.29) is 5.97 Å². The number of ether oxygens (including phenoxy) is 1. The lowest BCUT2D eigenvalue weighted by atomic mass is 9.99. The van der Waals surface area contributed by atoms with Crippen LogP contribution in [0.4, 0.5) is 5.69 Å². The SMILES string of the molecule is CCOC(=O)C1=CN(Cc2ccncc2)c2ccccc2C1. The molecule has 0 saturated heterocycles. The molecule has 0 fully saturated rings. The van der Waals surface area contributed by atoms with E-state index in [1.54, 1.807) is 12.4 Å². The van der Waals surface area contributed by atoms with Gasteiger partial charge in [0.05, 0.1) is 12.2 Å². The number of benzene rings is 1. The van der Waals surface area contributed by atoms with Crippen molar-refractivity contribution in [3.63, 3.8) is 0 Å². The lowest BCUT2D eigenvalue weighted by Gasteiger charge is -2.28. The van der Waals surface area contributed by atoms with Crippen LogP contribution >= 0.6 is 0 Å². The average molecular weight is 294 g/mol. The summed E-state index contributed by atoms with van der Waals surface area (Å²) >= 11 is 0. The van der Waals surface area contributed by atoms with Gasteiger partial charge in [0.15, 0.2) is 0 Å². The Kier molecular flexibility index (Phi) is 4.19. The van der Waals surface area contributed by atoms with Crippen molar-refractivity contribution in [3.8, 4) is 0 Å². The van der Waals surface area contributed by atoms with Crippen molar-refractivity contribution in [2.45, 2.75) is 19.9 Å². The first-order valence-corrected chi connectivity index (χ1v) is 7.39. The maximum atomic E-state index is 12.1. The second kappa shape index (κ2) is 6.43. The van der Waals surface area contributed by atoms with E-state index in [0.717, 1.165) is 16.8 Å². The molecule has 1 aromatic carbocycles. The van der Waals surface area contributed by atoms with Gasteiger partial charge in [-0.1, -0.05) is 18.2 Å². The Bertz CT molecular complexity index is 695. The fourth-order valence-electron chi connectivity index (χ4n) is 2.61. The van der Waals surface area contributed by atoms with Gasteiger partial charge in [-0.2, -0.15) is 0 Å². The zero-order valence-electron chi connectivity index (χ0n) is 12.5. The van der Waals surface area contributed by atoms with Crippen molar-refractivity contribution in [1.82, 2.24) is 4.98 Å². The summed E-state index contributed by atoms with van der Waals surface area (Å²) in [4.78, 5) is 18.2. The molecule has 0 spiro atoms. The zero-order chi connectivity index (χ0) is 15.4. The van der Waals surface area contributed by atoms with Crippen LogP contribution in [0.15, 0.2) is 60.6 Å². The number of pyridine rings is 1. The molecule has 0 unspecified atom stereocenters. The number of aromatic nitrogens is 1. The van der Waals surface area contributed by atoms with E-state index >= 15 is 0 Å². The number of rotatable bonds is 4. The lowest BCUT2D eigenvalue weighted by Crippen LogP contribution is -2.25. The monoisotopic (exact) mass is 294 g/mol. The predicted molar refractivity (Wildman–Crippen MR) is 85.3 cm³/mol. The minimum absolute atomic E-state index is 0.239. The molecular weight excluding hydrogens is 276 g/mol. The molecule has 2 heterocycles. The number of esters is 1. The highest BCUT2D eigenvalue weighted by atomic mass is 16.5. The van der Waals surface area contributed by atoms with Crippen LogP contribution in [-0.2, 0) is 22.5 Å². The summed E-state index contributed by atoms with van der Waals surface area (Å²) in [6.07, 6.45) is 6.07. The first-order chi connectivity index (χ1) is 10.8. The van der Waals surface area contributed by atoms with Crippen LogP contribution in [0.1, 0.15) is 18.1 Å². The van der Waals surface area contributed by atoms with E-state index in [0.29, 0.717) is 25.1 Å². The van der Waals surface area contributed by atoms with Crippen molar-refractivity contribution in [1.29, 1.82) is 0 Å². The van der Waals surface area contributed by atoms with Crippen LogP contribution in [0.5, 0.6) is 0 Å². The Labute approximate surface area is 130 Å². The Morgan fingerprint density at radius 2 is 2.00 bits per heavy atom. The number of para-hydroxylation sites is 1. The van der Waals surface area contributed by atoms with Gasteiger partial charge in [0.2, 0.25) is 0 Å². The van der Waals surface area contributed by atoms with E-state index in [1.165, 1.54) is 0 Å². The second-order valence-electron chi connectivity index (χ2n) is 5.16. The van der Waals surface area contributed by atoms with Gasteiger partial charge in [0, 0.05) is 37.2 Å². The van der Waals surface area contributed by atoms with Crippen LogP contribution in [0.2, 0.25) is 0 Å². The van der Waals surface area contributed by atoms with E-state index in [4.69, 9.17) is 4.74 Å². The highest BCUT2D eigenvalue weighted by Crippen LogP contribution is 2.30. The number of nitrogens with zero attached hydrogens (tertiary/aromatic N) is 2. The highest BCUT2D eigenvalue weighted by molar-refractivity contribution is 5.91. The van der Waals surface area contributed by atoms with Crippen molar-refractivity contribution >= 4 is 11.7 Å². The zero-order valence-corrected chi connectivity index (χ0v) is 12.5. The van der Waals surface area contributed by atoms with E-state index in [9.17, 15) is 4.79 Å². The van der Waals surface area contributed by atoms with Crippen molar-refractivity contribution in [3.05, 3.63) is 71.7 Å². The van der Waals surface area contributed by atoms with Crippen molar-refractivity contribution < 1.29 is 9.53 Å². The molecule has 1 aromatic heterocycles. The molecule has 0 bridgehead atoms. The predicted octanol–water partition coefficient (Wildman–Crippen LogP) is 3.09. The third kappa shape index (κ3) is 3.01. The first kappa shape index (κ1) is 14.3. The fourth-order valence-corrected chi connectivity index (χ4v) is 2.61. The van der Waals surface area contributed by atoms with E-state index in [2.05, 4.69) is 22.0 Å². The van der Waals surface area contributed by atoms with Gasteiger partial charge >= 0.3 is 5.97 Å². The smallest absolute Gasteiger partial charge is 0.335 e. The molecule has 112 valence electrons. The van der Waals surface area contributed by atoms with Gasteiger partial charge in [0.1, 0.15) is 0 Å². The lowest BCUT2D eigenvalue weighted by molar-refractivity contribution is -0.138. The molecule has 0 aliphatic carbocycles. The highest BCUT2D eigenvalue weighted by Gasteiger charge is 2.22. The third-order valence-corrected chi connectivity index (χ3v) is 3.63. The molecule has 0 radical (unpaired) electrons. The van der Waals surface area contributed by atoms with Gasteiger partial charge in [-0.25, -0.2) is 4.79 Å².